The van der Waals surface area contributed by atoms with Gasteiger partial charge in [0.1, 0.15) is 18.2 Å². The molecule has 0 spiro atoms. The lowest BCUT2D eigenvalue weighted by Crippen LogP contribution is -2.36. The standard InChI is InChI=1S/C14H18ClN3O2/c1-14(2,3)12(19)11(13-16-8-17-18-13)20-10-6-4-9(15)5-7-10/h4-8,11-12,19H,1-3H3,(H,16,17,18). The monoisotopic (exact) mass is 295 g/mol. The van der Waals surface area contributed by atoms with Gasteiger partial charge in [-0.3, -0.25) is 5.10 Å². The molecule has 2 atom stereocenters. The molecule has 5 nitrogen and oxygen atoms in total. The summed E-state index contributed by atoms with van der Waals surface area (Å²) >= 11 is 5.85. The van der Waals surface area contributed by atoms with Crippen molar-refractivity contribution in [2.24, 2.45) is 5.41 Å². The Kier molecular flexibility index (Phi) is 4.30. The van der Waals surface area contributed by atoms with E-state index in [4.69, 9.17) is 16.3 Å². The third-order valence-corrected chi connectivity index (χ3v) is 3.21. The zero-order valence-corrected chi connectivity index (χ0v) is 12.4. The fourth-order valence-electron chi connectivity index (χ4n) is 1.74. The van der Waals surface area contributed by atoms with Crippen molar-refractivity contribution in [2.75, 3.05) is 0 Å². The van der Waals surface area contributed by atoms with Gasteiger partial charge in [0.25, 0.3) is 0 Å². The van der Waals surface area contributed by atoms with E-state index >= 15 is 0 Å². The van der Waals surface area contributed by atoms with Crippen LogP contribution in [0.5, 0.6) is 5.75 Å². The number of aromatic nitrogens is 3. The molecule has 0 fully saturated rings. The van der Waals surface area contributed by atoms with E-state index in [1.807, 2.05) is 20.8 Å². The SMILES string of the molecule is CC(C)(C)C(O)C(Oc1ccc(Cl)cc1)c1ncn[nH]1. The second kappa shape index (κ2) is 5.81. The summed E-state index contributed by atoms with van der Waals surface area (Å²) in [6.07, 6.45) is 0.0212. The first-order chi connectivity index (χ1) is 9.38. The first kappa shape index (κ1) is 14.8. The van der Waals surface area contributed by atoms with E-state index in [-0.39, 0.29) is 5.41 Å². The molecule has 1 heterocycles. The summed E-state index contributed by atoms with van der Waals surface area (Å²) in [7, 11) is 0. The van der Waals surface area contributed by atoms with Gasteiger partial charge in [-0.25, -0.2) is 4.98 Å². The predicted molar refractivity (Wildman–Crippen MR) is 76.7 cm³/mol. The van der Waals surface area contributed by atoms with E-state index in [0.717, 1.165) is 0 Å². The first-order valence-corrected chi connectivity index (χ1v) is 6.71. The maximum atomic E-state index is 10.5. The second-order valence-electron chi connectivity index (χ2n) is 5.67. The number of aliphatic hydroxyl groups excluding tert-OH is 1. The average Bonchev–Trinajstić information content (AvgIpc) is 2.90. The Labute approximate surface area is 123 Å². The molecule has 0 amide bonds. The van der Waals surface area contributed by atoms with Gasteiger partial charge in [-0.05, 0) is 29.7 Å². The maximum Gasteiger partial charge on any atom is 0.184 e. The van der Waals surface area contributed by atoms with Crippen molar-refractivity contribution < 1.29 is 9.84 Å². The molecule has 108 valence electrons. The normalized spacial score (nSPS) is 14.8. The van der Waals surface area contributed by atoms with Gasteiger partial charge in [0.2, 0.25) is 0 Å². The zero-order chi connectivity index (χ0) is 14.8. The fraction of sp³-hybridized carbons (Fsp3) is 0.429. The molecular formula is C14H18ClN3O2. The number of benzene rings is 1. The lowest BCUT2D eigenvalue weighted by atomic mass is 9.85. The van der Waals surface area contributed by atoms with Crippen molar-refractivity contribution in [3.05, 3.63) is 41.4 Å². The minimum atomic E-state index is -0.744. The Morgan fingerprint density at radius 2 is 1.90 bits per heavy atom. The van der Waals surface area contributed by atoms with Crippen LogP contribution in [0.25, 0.3) is 0 Å². The predicted octanol–water partition coefficient (Wildman–Crippen LogP) is 2.99. The molecule has 1 aromatic carbocycles. The molecule has 0 aliphatic rings. The number of rotatable bonds is 4. The minimum Gasteiger partial charge on any atom is -0.480 e. The molecule has 0 bridgehead atoms. The van der Waals surface area contributed by atoms with Crippen LogP contribution in [0, 0.1) is 5.41 Å². The Morgan fingerprint density at radius 3 is 2.40 bits per heavy atom. The van der Waals surface area contributed by atoms with Gasteiger partial charge in [-0.2, -0.15) is 5.10 Å². The Bertz CT molecular complexity index is 535. The van der Waals surface area contributed by atoms with Crippen LogP contribution in [0.4, 0.5) is 0 Å². The number of nitrogens with zero attached hydrogens (tertiary/aromatic N) is 2. The minimum absolute atomic E-state index is 0.357. The van der Waals surface area contributed by atoms with Gasteiger partial charge in [-0.1, -0.05) is 32.4 Å². The Balaban J connectivity index is 2.26. The smallest absolute Gasteiger partial charge is 0.184 e. The van der Waals surface area contributed by atoms with Crippen LogP contribution in [0.15, 0.2) is 30.6 Å². The summed E-state index contributed by atoms with van der Waals surface area (Å²) in [4.78, 5) is 4.09. The number of hydrogen-bond donors (Lipinski definition) is 2. The van der Waals surface area contributed by atoms with Crippen molar-refractivity contribution in [2.45, 2.75) is 33.0 Å². The van der Waals surface area contributed by atoms with Gasteiger partial charge in [0.05, 0.1) is 0 Å². The van der Waals surface area contributed by atoms with Gasteiger partial charge >= 0.3 is 0 Å². The molecule has 0 aliphatic carbocycles. The van der Waals surface area contributed by atoms with Gasteiger partial charge < -0.3 is 9.84 Å². The van der Waals surface area contributed by atoms with Crippen LogP contribution < -0.4 is 4.74 Å². The molecule has 2 unspecified atom stereocenters. The van der Waals surface area contributed by atoms with Crippen molar-refractivity contribution >= 4 is 11.6 Å². The van der Waals surface area contributed by atoms with Crippen LogP contribution in [-0.2, 0) is 0 Å². The number of aliphatic hydroxyl groups is 1. The lowest BCUT2D eigenvalue weighted by Gasteiger charge is -2.31. The number of halogens is 1. The maximum absolute atomic E-state index is 10.5. The third kappa shape index (κ3) is 3.49. The average molecular weight is 296 g/mol. The number of ether oxygens (including phenoxy) is 1. The number of hydrogen-bond acceptors (Lipinski definition) is 4. The molecule has 0 saturated carbocycles. The van der Waals surface area contributed by atoms with Crippen molar-refractivity contribution in [1.29, 1.82) is 0 Å². The highest BCUT2D eigenvalue weighted by Crippen LogP contribution is 2.32. The quantitative estimate of drug-likeness (QED) is 0.909. The van der Waals surface area contributed by atoms with E-state index in [1.165, 1.54) is 6.33 Å². The molecule has 6 heteroatoms. The van der Waals surface area contributed by atoms with Gasteiger partial charge in [-0.15, -0.1) is 0 Å². The summed E-state index contributed by atoms with van der Waals surface area (Å²) in [5.74, 6) is 1.10. The summed E-state index contributed by atoms with van der Waals surface area (Å²) in [6, 6.07) is 6.97. The van der Waals surface area contributed by atoms with Crippen LogP contribution >= 0.6 is 11.6 Å². The molecule has 1 aromatic heterocycles. The van der Waals surface area contributed by atoms with E-state index < -0.39 is 12.2 Å². The fourth-order valence-corrected chi connectivity index (χ4v) is 1.86. The highest BCUT2D eigenvalue weighted by Gasteiger charge is 2.35. The van der Waals surface area contributed by atoms with E-state index in [2.05, 4.69) is 15.2 Å². The summed E-state index contributed by atoms with van der Waals surface area (Å²) in [6.45, 7) is 5.81. The molecule has 2 rings (SSSR count). The van der Waals surface area contributed by atoms with Crippen LogP contribution in [0.3, 0.4) is 0 Å². The van der Waals surface area contributed by atoms with Crippen LogP contribution in [-0.4, -0.2) is 26.4 Å². The Morgan fingerprint density at radius 1 is 1.25 bits per heavy atom. The summed E-state index contributed by atoms with van der Waals surface area (Å²) in [5, 5.41) is 17.7. The second-order valence-corrected chi connectivity index (χ2v) is 6.11. The summed E-state index contributed by atoms with van der Waals surface area (Å²) in [5.41, 5.74) is -0.357. The van der Waals surface area contributed by atoms with Crippen molar-refractivity contribution in [1.82, 2.24) is 15.2 Å². The van der Waals surface area contributed by atoms with Crippen LogP contribution in [0.2, 0.25) is 5.02 Å². The first-order valence-electron chi connectivity index (χ1n) is 6.33. The number of H-pyrrole nitrogens is 1. The molecular weight excluding hydrogens is 278 g/mol. The van der Waals surface area contributed by atoms with E-state index in [0.29, 0.717) is 16.6 Å². The van der Waals surface area contributed by atoms with Gasteiger partial charge in [0, 0.05) is 5.02 Å². The third-order valence-electron chi connectivity index (χ3n) is 2.95. The van der Waals surface area contributed by atoms with Crippen molar-refractivity contribution in [3.63, 3.8) is 0 Å². The van der Waals surface area contributed by atoms with E-state index in [9.17, 15) is 5.11 Å². The molecule has 0 radical (unpaired) electrons. The van der Waals surface area contributed by atoms with Crippen molar-refractivity contribution in [3.8, 4) is 5.75 Å². The largest absolute Gasteiger partial charge is 0.480 e. The zero-order valence-electron chi connectivity index (χ0n) is 11.7. The number of nitrogens with one attached hydrogen (secondary N) is 1. The topological polar surface area (TPSA) is 71.0 Å². The van der Waals surface area contributed by atoms with Crippen LogP contribution in [0.1, 0.15) is 32.7 Å². The molecule has 0 saturated heterocycles. The lowest BCUT2D eigenvalue weighted by molar-refractivity contribution is -0.0368. The Hall–Kier alpha value is -1.59. The number of aromatic amines is 1. The molecule has 2 aromatic rings. The highest BCUT2D eigenvalue weighted by molar-refractivity contribution is 6.30. The molecule has 2 N–H and O–H groups in total. The molecule has 0 aliphatic heterocycles. The van der Waals surface area contributed by atoms with E-state index in [1.54, 1.807) is 24.3 Å². The highest BCUT2D eigenvalue weighted by atomic mass is 35.5. The van der Waals surface area contributed by atoms with Gasteiger partial charge in [0.15, 0.2) is 11.9 Å². The molecule has 20 heavy (non-hydrogen) atoms. The summed E-state index contributed by atoms with van der Waals surface area (Å²) < 4.78 is 5.86.